The Kier molecular flexibility index (Phi) is 5.82. The molecule has 7 heteroatoms. The fraction of sp³-hybridized carbons (Fsp3) is 0.800. The number of ketones is 1. The van der Waals surface area contributed by atoms with Gasteiger partial charge in [0.15, 0.2) is 12.2 Å². The van der Waals surface area contributed by atoms with E-state index in [-0.39, 0.29) is 29.3 Å². The molecule has 0 aliphatic heterocycles. The van der Waals surface area contributed by atoms with Gasteiger partial charge in [0.1, 0.15) is 6.10 Å². The van der Waals surface area contributed by atoms with Crippen LogP contribution in [0.2, 0.25) is 0 Å². The molecule has 4 aliphatic carbocycles. The molecular weight excluding hydrogens is 412 g/mol. The average molecular weight is 449 g/mol. The quantitative estimate of drug-likeness (QED) is 0.503. The Morgan fingerprint density at radius 3 is 2.47 bits per heavy atom. The van der Waals surface area contributed by atoms with Gasteiger partial charge in [-0.1, -0.05) is 25.5 Å². The van der Waals surface area contributed by atoms with Crippen LogP contribution in [-0.2, 0) is 23.9 Å². The van der Waals surface area contributed by atoms with Crippen molar-refractivity contribution in [3.05, 3.63) is 11.6 Å². The van der Waals surface area contributed by atoms with Crippen molar-refractivity contribution in [3.8, 4) is 0 Å². The van der Waals surface area contributed by atoms with Crippen LogP contribution in [0.25, 0.3) is 0 Å². The summed E-state index contributed by atoms with van der Waals surface area (Å²) in [5.74, 6) is -0.761. The van der Waals surface area contributed by atoms with Crippen molar-refractivity contribution in [2.75, 3.05) is 6.61 Å². The van der Waals surface area contributed by atoms with Crippen molar-refractivity contribution in [2.45, 2.75) is 90.4 Å². The van der Waals surface area contributed by atoms with E-state index >= 15 is 0 Å². The van der Waals surface area contributed by atoms with Gasteiger partial charge in [0.05, 0.1) is 6.10 Å². The number of carbonyl (C=O) groups excluding carboxylic acids is 3. The van der Waals surface area contributed by atoms with Crippen LogP contribution in [0.3, 0.4) is 0 Å². The summed E-state index contributed by atoms with van der Waals surface area (Å²) in [4.78, 5) is 35.6. The van der Waals surface area contributed by atoms with E-state index in [1.165, 1.54) is 19.4 Å². The molecule has 8 atom stereocenters. The number of hydrogen-bond donors (Lipinski definition) is 2. The molecule has 32 heavy (non-hydrogen) atoms. The van der Waals surface area contributed by atoms with Gasteiger partial charge >= 0.3 is 11.9 Å². The van der Waals surface area contributed by atoms with Crippen LogP contribution in [0.5, 0.6) is 0 Å². The maximum absolute atomic E-state index is 13.0. The van der Waals surface area contributed by atoms with Crippen LogP contribution in [0.4, 0.5) is 0 Å². The van der Waals surface area contributed by atoms with Crippen molar-refractivity contribution >= 4 is 17.7 Å². The molecule has 0 amide bonds. The Hall–Kier alpha value is -1.73. The minimum Gasteiger partial charge on any atom is -0.462 e. The molecule has 4 aliphatic rings. The number of aliphatic hydroxyl groups excluding tert-OH is 1. The molecule has 3 fully saturated rings. The highest BCUT2D eigenvalue weighted by Gasteiger charge is 2.69. The van der Waals surface area contributed by atoms with E-state index in [0.717, 1.165) is 32.1 Å². The molecular formula is C25H36O7. The van der Waals surface area contributed by atoms with Crippen molar-refractivity contribution < 1.29 is 34.1 Å². The van der Waals surface area contributed by atoms with Gasteiger partial charge in [0.2, 0.25) is 5.78 Å². The van der Waals surface area contributed by atoms with E-state index < -0.39 is 35.5 Å². The second kappa shape index (κ2) is 7.94. The minimum absolute atomic E-state index is 0.00310. The molecule has 178 valence electrons. The standard InChI is InChI=1S/C25H36O7/c1-14(26)31-13-22(29)25(30)21(28)12-20-18-6-5-16-11-17(32-15(2)27)7-9-23(16,3)19(18)8-10-24(20,25)4/h5,17-21,28,30H,6-13H2,1-4H3/t17-,18-,19-,20-,21+,23-,24-,25-/m0/s1. The highest BCUT2D eigenvalue weighted by molar-refractivity contribution is 5.91. The summed E-state index contributed by atoms with van der Waals surface area (Å²) in [6, 6.07) is 0. The summed E-state index contributed by atoms with van der Waals surface area (Å²) < 4.78 is 10.4. The Bertz CT molecular complexity index is 849. The van der Waals surface area contributed by atoms with Gasteiger partial charge in [0.25, 0.3) is 0 Å². The molecule has 0 aromatic heterocycles. The minimum atomic E-state index is -1.91. The second-order valence-corrected chi connectivity index (χ2v) is 10.9. The number of fused-ring (bicyclic) bond motifs is 5. The lowest BCUT2D eigenvalue weighted by atomic mass is 9.46. The smallest absolute Gasteiger partial charge is 0.303 e. The molecule has 0 radical (unpaired) electrons. The lowest BCUT2D eigenvalue weighted by Crippen LogP contribution is -2.61. The molecule has 4 rings (SSSR count). The summed E-state index contributed by atoms with van der Waals surface area (Å²) in [6.07, 6.45) is 6.31. The van der Waals surface area contributed by atoms with Crippen LogP contribution >= 0.6 is 0 Å². The van der Waals surface area contributed by atoms with Crippen molar-refractivity contribution in [1.82, 2.24) is 0 Å². The monoisotopic (exact) mass is 448 g/mol. The lowest BCUT2D eigenvalue weighted by Gasteiger charge is -2.58. The summed E-state index contributed by atoms with van der Waals surface area (Å²) >= 11 is 0. The first kappa shape index (κ1) is 23.4. The lowest BCUT2D eigenvalue weighted by molar-refractivity contribution is -0.181. The number of carbonyl (C=O) groups is 3. The van der Waals surface area contributed by atoms with Crippen molar-refractivity contribution in [3.63, 3.8) is 0 Å². The van der Waals surface area contributed by atoms with Gasteiger partial charge in [-0.2, -0.15) is 0 Å². The molecule has 7 nitrogen and oxygen atoms in total. The maximum Gasteiger partial charge on any atom is 0.303 e. The van der Waals surface area contributed by atoms with E-state index in [4.69, 9.17) is 9.47 Å². The van der Waals surface area contributed by atoms with Crippen LogP contribution < -0.4 is 0 Å². The van der Waals surface area contributed by atoms with E-state index in [1.807, 2.05) is 6.92 Å². The maximum atomic E-state index is 13.0. The van der Waals surface area contributed by atoms with E-state index in [1.54, 1.807) is 0 Å². The van der Waals surface area contributed by atoms with Gasteiger partial charge in [-0.15, -0.1) is 0 Å². The summed E-state index contributed by atoms with van der Waals surface area (Å²) in [5, 5.41) is 22.5. The molecule has 0 heterocycles. The van der Waals surface area contributed by atoms with E-state index in [0.29, 0.717) is 18.8 Å². The molecule has 0 bridgehead atoms. The Labute approximate surface area is 189 Å². The number of ether oxygens (including phenoxy) is 2. The Morgan fingerprint density at radius 1 is 1.09 bits per heavy atom. The van der Waals surface area contributed by atoms with Gasteiger partial charge in [0, 0.05) is 25.7 Å². The molecule has 0 spiro atoms. The summed E-state index contributed by atoms with van der Waals surface area (Å²) in [7, 11) is 0. The second-order valence-electron chi connectivity index (χ2n) is 10.9. The van der Waals surface area contributed by atoms with Gasteiger partial charge in [-0.25, -0.2) is 0 Å². The third-order valence-corrected chi connectivity index (χ3v) is 9.44. The zero-order valence-corrected chi connectivity index (χ0v) is 19.6. The van der Waals surface area contributed by atoms with Crippen LogP contribution in [0.15, 0.2) is 11.6 Å². The highest BCUT2D eigenvalue weighted by Crippen LogP contribution is 2.67. The zero-order chi connectivity index (χ0) is 23.5. The number of Topliss-reactive ketones (excluding diaryl/α,β-unsaturated/α-hetero) is 1. The third-order valence-electron chi connectivity index (χ3n) is 9.44. The topological polar surface area (TPSA) is 110 Å². The van der Waals surface area contributed by atoms with Crippen molar-refractivity contribution in [2.24, 2.45) is 28.6 Å². The average Bonchev–Trinajstić information content (AvgIpc) is 2.93. The molecule has 2 N–H and O–H groups in total. The van der Waals surface area contributed by atoms with Gasteiger partial charge in [-0.3, -0.25) is 14.4 Å². The van der Waals surface area contributed by atoms with Crippen molar-refractivity contribution in [1.29, 1.82) is 0 Å². The number of rotatable bonds is 4. The van der Waals surface area contributed by atoms with E-state index in [9.17, 15) is 24.6 Å². The third kappa shape index (κ3) is 3.35. The number of allylic oxidation sites excluding steroid dienone is 1. The largest absolute Gasteiger partial charge is 0.462 e. The van der Waals surface area contributed by atoms with E-state index in [2.05, 4.69) is 13.0 Å². The summed E-state index contributed by atoms with van der Waals surface area (Å²) in [6.45, 7) is 6.40. The molecule has 3 saturated carbocycles. The Balaban J connectivity index is 1.59. The number of hydrogen-bond acceptors (Lipinski definition) is 7. The number of aliphatic hydroxyl groups is 2. The fourth-order valence-electron chi connectivity index (χ4n) is 7.76. The SMILES string of the molecule is CC(=O)OCC(=O)[C@@]1(O)[C@H](O)C[C@H]2[C@H]3CC=C4C[C@@H](OC(C)=O)CC[C@]4(C)[C@H]3CC[C@@]21C. The van der Waals surface area contributed by atoms with Gasteiger partial charge < -0.3 is 19.7 Å². The Morgan fingerprint density at radius 2 is 1.81 bits per heavy atom. The molecule has 0 aromatic carbocycles. The van der Waals surface area contributed by atoms with Crippen LogP contribution in [0.1, 0.15) is 72.6 Å². The van der Waals surface area contributed by atoms with Crippen LogP contribution in [-0.4, -0.2) is 52.4 Å². The number of esters is 2. The fourth-order valence-corrected chi connectivity index (χ4v) is 7.76. The normalized spacial score (nSPS) is 45.1. The first-order chi connectivity index (χ1) is 14.9. The predicted molar refractivity (Wildman–Crippen MR) is 115 cm³/mol. The molecule has 0 saturated heterocycles. The predicted octanol–water partition coefficient (Wildman–Crippen LogP) is 2.71. The first-order valence-electron chi connectivity index (χ1n) is 11.9. The molecule has 0 aromatic rings. The van der Waals surface area contributed by atoms with Gasteiger partial charge in [-0.05, 0) is 61.7 Å². The molecule has 0 unspecified atom stereocenters. The zero-order valence-electron chi connectivity index (χ0n) is 19.6. The first-order valence-corrected chi connectivity index (χ1v) is 11.9. The van der Waals surface area contributed by atoms with Crippen LogP contribution in [0, 0.1) is 28.6 Å². The highest BCUT2D eigenvalue weighted by atomic mass is 16.5. The summed E-state index contributed by atoms with van der Waals surface area (Å²) in [5.41, 5.74) is -1.30.